The number of fused-ring (bicyclic) bond motifs is 2. The third-order valence-corrected chi connectivity index (χ3v) is 6.20. The third kappa shape index (κ3) is 3.38. The summed E-state index contributed by atoms with van der Waals surface area (Å²) >= 11 is 0. The van der Waals surface area contributed by atoms with E-state index in [1.807, 2.05) is 44.2 Å². The number of carbonyl (C=O) groups is 1. The monoisotopic (exact) mass is 440 g/mol. The molecule has 7 nitrogen and oxygen atoms in total. The van der Waals surface area contributed by atoms with Gasteiger partial charge in [0, 0.05) is 18.7 Å². The van der Waals surface area contributed by atoms with E-state index in [2.05, 4.69) is 0 Å². The first kappa shape index (κ1) is 20.6. The van der Waals surface area contributed by atoms with Crippen molar-refractivity contribution in [1.29, 1.82) is 0 Å². The second-order valence-electron chi connectivity index (χ2n) is 8.28. The van der Waals surface area contributed by atoms with E-state index in [0.717, 1.165) is 16.7 Å². The van der Waals surface area contributed by atoms with E-state index in [1.165, 1.54) is 12.1 Å². The molecule has 1 aromatic heterocycles. The Morgan fingerprint density at radius 1 is 0.970 bits per heavy atom. The van der Waals surface area contributed by atoms with E-state index in [-0.39, 0.29) is 34.9 Å². The predicted molar refractivity (Wildman–Crippen MR) is 123 cm³/mol. The molecule has 0 saturated carbocycles. The maximum Gasteiger partial charge on any atom is 0.291 e. The quantitative estimate of drug-likeness (QED) is 0.326. The number of rotatable bonds is 4. The van der Waals surface area contributed by atoms with Crippen molar-refractivity contribution in [2.24, 2.45) is 0 Å². The third-order valence-electron chi connectivity index (χ3n) is 6.20. The van der Waals surface area contributed by atoms with Crippen LogP contribution in [0.1, 0.15) is 44.4 Å². The van der Waals surface area contributed by atoms with Gasteiger partial charge in [-0.2, -0.15) is 0 Å². The first-order valence-corrected chi connectivity index (χ1v) is 10.5. The van der Waals surface area contributed by atoms with Crippen LogP contribution >= 0.6 is 0 Å². The zero-order chi connectivity index (χ0) is 23.3. The molecule has 0 N–H and O–H groups in total. The summed E-state index contributed by atoms with van der Waals surface area (Å²) in [5.74, 6) is -0.357. The highest BCUT2D eigenvalue weighted by Gasteiger charge is 2.42. The summed E-state index contributed by atoms with van der Waals surface area (Å²) in [5.41, 5.74) is 3.74. The number of benzene rings is 3. The summed E-state index contributed by atoms with van der Waals surface area (Å²) in [5, 5.41) is 11.5. The van der Waals surface area contributed by atoms with Crippen LogP contribution in [0.5, 0.6) is 0 Å². The Balaban J connectivity index is 1.73. The Morgan fingerprint density at radius 3 is 2.30 bits per heavy atom. The number of carbonyl (C=O) groups excluding carboxylic acids is 1. The van der Waals surface area contributed by atoms with Crippen molar-refractivity contribution in [3.05, 3.63) is 121 Å². The molecule has 3 aromatic carbocycles. The molecule has 1 amide bonds. The van der Waals surface area contributed by atoms with Crippen molar-refractivity contribution in [2.45, 2.75) is 26.4 Å². The average Bonchev–Trinajstić information content (AvgIpc) is 3.08. The smallest absolute Gasteiger partial charge is 0.291 e. The summed E-state index contributed by atoms with van der Waals surface area (Å²) in [6, 6.07) is 18.3. The number of aryl methyl sites for hydroxylation is 2. The Bertz CT molecular complexity index is 1470. The Kier molecular flexibility index (Phi) is 4.82. The molecule has 0 aliphatic carbocycles. The molecule has 1 unspecified atom stereocenters. The lowest BCUT2D eigenvalue weighted by atomic mass is 9.97. The van der Waals surface area contributed by atoms with Gasteiger partial charge in [0.25, 0.3) is 11.6 Å². The highest BCUT2D eigenvalue weighted by molar-refractivity contribution is 5.99. The first-order chi connectivity index (χ1) is 15.8. The molecule has 5 rings (SSSR count). The number of non-ortho nitro benzene ring substituents is 1. The molecule has 7 heteroatoms. The predicted octanol–water partition coefficient (Wildman–Crippen LogP) is 5.06. The Hall–Kier alpha value is -4.26. The summed E-state index contributed by atoms with van der Waals surface area (Å²) < 4.78 is 6.02. The second kappa shape index (κ2) is 7.70. The highest BCUT2D eigenvalue weighted by atomic mass is 16.6. The van der Waals surface area contributed by atoms with Gasteiger partial charge in [-0.3, -0.25) is 19.7 Å². The summed E-state index contributed by atoms with van der Waals surface area (Å²) in [4.78, 5) is 39.4. The van der Waals surface area contributed by atoms with Crippen LogP contribution in [0.2, 0.25) is 0 Å². The van der Waals surface area contributed by atoms with Crippen LogP contribution in [0.25, 0.3) is 11.0 Å². The number of nitrogens with zero attached hydrogens (tertiary/aromatic N) is 2. The Morgan fingerprint density at radius 2 is 1.64 bits per heavy atom. The maximum atomic E-state index is 13.6. The van der Waals surface area contributed by atoms with Gasteiger partial charge in [-0.15, -0.1) is 0 Å². The van der Waals surface area contributed by atoms with Crippen molar-refractivity contribution in [3.8, 4) is 0 Å². The second-order valence-corrected chi connectivity index (χ2v) is 8.28. The molecule has 2 heterocycles. The summed E-state index contributed by atoms with van der Waals surface area (Å²) in [7, 11) is 0. The lowest BCUT2D eigenvalue weighted by Crippen LogP contribution is -2.29. The van der Waals surface area contributed by atoms with E-state index in [1.54, 1.807) is 29.2 Å². The van der Waals surface area contributed by atoms with E-state index in [9.17, 15) is 19.7 Å². The molecule has 1 aliphatic heterocycles. The first-order valence-electron chi connectivity index (χ1n) is 10.5. The number of nitro groups is 1. The molecule has 1 atom stereocenters. The van der Waals surface area contributed by atoms with Gasteiger partial charge in [-0.25, -0.2) is 0 Å². The van der Waals surface area contributed by atoms with Crippen LogP contribution < -0.4 is 5.43 Å². The molecule has 0 radical (unpaired) electrons. The average molecular weight is 440 g/mol. The van der Waals surface area contributed by atoms with Gasteiger partial charge in [0.15, 0.2) is 5.43 Å². The minimum Gasteiger partial charge on any atom is -0.450 e. The molecular formula is C26H20N2O5. The molecular weight excluding hydrogens is 420 g/mol. The van der Waals surface area contributed by atoms with Crippen molar-refractivity contribution in [3.63, 3.8) is 0 Å². The molecule has 0 saturated heterocycles. The van der Waals surface area contributed by atoms with Gasteiger partial charge < -0.3 is 9.32 Å². The van der Waals surface area contributed by atoms with Crippen molar-refractivity contribution < 1.29 is 14.1 Å². The van der Waals surface area contributed by atoms with Crippen molar-refractivity contribution >= 4 is 22.6 Å². The molecule has 0 fully saturated rings. The standard InChI is InChI=1S/C26H20N2O5/c1-15-12-20-21(13-16(15)2)33-25-22(24(20)29)23(18-8-10-19(11-9-18)28(31)32)27(26(25)30)14-17-6-4-3-5-7-17/h3-13,23H,14H2,1-2H3. The minimum absolute atomic E-state index is 0.0232. The van der Waals surface area contributed by atoms with Gasteiger partial charge in [-0.05, 0) is 60.4 Å². The lowest BCUT2D eigenvalue weighted by molar-refractivity contribution is -0.384. The number of nitro benzene ring substituents is 1. The van der Waals surface area contributed by atoms with Crippen LogP contribution in [0, 0.1) is 24.0 Å². The van der Waals surface area contributed by atoms with Gasteiger partial charge in [0.05, 0.1) is 21.9 Å². The fourth-order valence-electron chi connectivity index (χ4n) is 4.34. The zero-order valence-electron chi connectivity index (χ0n) is 18.1. The zero-order valence-corrected chi connectivity index (χ0v) is 18.1. The summed E-state index contributed by atoms with van der Waals surface area (Å²) in [6.45, 7) is 4.10. The number of hydrogen-bond acceptors (Lipinski definition) is 5. The van der Waals surface area contributed by atoms with Crippen LogP contribution in [-0.4, -0.2) is 15.7 Å². The number of hydrogen-bond donors (Lipinski definition) is 0. The lowest BCUT2D eigenvalue weighted by Gasteiger charge is -2.25. The van der Waals surface area contributed by atoms with Gasteiger partial charge in [0.1, 0.15) is 5.58 Å². The summed E-state index contributed by atoms with van der Waals surface area (Å²) in [6.07, 6.45) is 0. The van der Waals surface area contributed by atoms with Crippen LogP contribution in [0.15, 0.2) is 75.9 Å². The molecule has 0 bridgehead atoms. The van der Waals surface area contributed by atoms with Crippen LogP contribution in [-0.2, 0) is 6.54 Å². The normalized spacial score (nSPS) is 15.2. The van der Waals surface area contributed by atoms with E-state index in [4.69, 9.17) is 4.42 Å². The van der Waals surface area contributed by atoms with Crippen molar-refractivity contribution in [2.75, 3.05) is 0 Å². The van der Waals surface area contributed by atoms with Gasteiger partial charge in [-0.1, -0.05) is 30.3 Å². The van der Waals surface area contributed by atoms with Crippen molar-refractivity contribution in [1.82, 2.24) is 4.90 Å². The fourth-order valence-corrected chi connectivity index (χ4v) is 4.34. The number of amides is 1. The Labute approximate surface area is 189 Å². The SMILES string of the molecule is Cc1cc2oc3c(c(=O)c2cc1C)C(c1ccc([N+](=O)[O-])cc1)N(Cc1ccccc1)C3=O. The highest BCUT2D eigenvalue weighted by Crippen LogP contribution is 2.39. The maximum absolute atomic E-state index is 13.6. The molecule has 4 aromatic rings. The molecule has 164 valence electrons. The minimum atomic E-state index is -0.712. The largest absolute Gasteiger partial charge is 0.450 e. The van der Waals surface area contributed by atoms with E-state index < -0.39 is 11.0 Å². The van der Waals surface area contributed by atoms with E-state index in [0.29, 0.717) is 16.5 Å². The van der Waals surface area contributed by atoms with E-state index >= 15 is 0 Å². The van der Waals surface area contributed by atoms with Gasteiger partial charge >= 0.3 is 0 Å². The fraction of sp³-hybridized carbons (Fsp3) is 0.154. The van der Waals surface area contributed by atoms with Gasteiger partial charge in [0.2, 0.25) is 5.76 Å². The van der Waals surface area contributed by atoms with Crippen LogP contribution in [0.3, 0.4) is 0 Å². The molecule has 1 aliphatic rings. The molecule has 0 spiro atoms. The topological polar surface area (TPSA) is 93.7 Å². The molecule has 33 heavy (non-hydrogen) atoms. The van der Waals surface area contributed by atoms with Crippen LogP contribution in [0.4, 0.5) is 5.69 Å².